The summed E-state index contributed by atoms with van der Waals surface area (Å²) in [6, 6.07) is 13.5. The van der Waals surface area contributed by atoms with Gasteiger partial charge in [-0.05, 0) is 62.6 Å². The van der Waals surface area contributed by atoms with Crippen molar-refractivity contribution in [1.29, 1.82) is 0 Å². The molecule has 41 heavy (non-hydrogen) atoms. The quantitative estimate of drug-likeness (QED) is 0.247. The van der Waals surface area contributed by atoms with E-state index in [9.17, 15) is 15.0 Å². The van der Waals surface area contributed by atoms with E-state index in [0.717, 1.165) is 66.5 Å². The molecule has 2 aliphatic rings. The van der Waals surface area contributed by atoms with Crippen molar-refractivity contribution < 1.29 is 24.2 Å². The number of nitrogens with one attached hydrogen (secondary N) is 2. The Hall–Kier alpha value is -3.08. The summed E-state index contributed by atoms with van der Waals surface area (Å²) in [5.41, 5.74) is 3.01. The number of hydrogen-bond acceptors (Lipinski definition) is 7. The number of carbonyl (C=O) groups is 1. The van der Waals surface area contributed by atoms with Gasteiger partial charge in [0.25, 0.3) is 5.91 Å². The number of aliphatic hydroxyl groups is 2. The zero-order valence-electron chi connectivity index (χ0n) is 23.2. The van der Waals surface area contributed by atoms with Gasteiger partial charge in [0, 0.05) is 71.7 Å². The number of nitrogens with zero attached hydrogens (tertiary/aromatic N) is 2. The van der Waals surface area contributed by atoms with Crippen LogP contribution in [0.3, 0.4) is 0 Å². The van der Waals surface area contributed by atoms with E-state index in [2.05, 4.69) is 27.0 Å². The van der Waals surface area contributed by atoms with Crippen LogP contribution in [0.5, 0.6) is 5.75 Å². The zero-order chi connectivity index (χ0) is 28.5. The van der Waals surface area contributed by atoms with Crippen molar-refractivity contribution in [3.8, 4) is 5.75 Å². The topological polar surface area (TPSA) is 114 Å². The maximum absolute atomic E-state index is 13.2. The lowest BCUT2D eigenvalue weighted by Gasteiger charge is -2.40. The first-order valence-electron chi connectivity index (χ1n) is 14.4. The summed E-state index contributed by atoms with van der Waals surface area (Å²) in [7, 11) is 0. The van der Waals surface area contributed by atoms with Gasteiger partial charge in [-0.15, -0.1) is 0 Å². The Morgan fingerprint density at radius 1 is 1.12 bits per heavy atom. The number of benzene rings is 2. The number of piperidine rings is 2. The van der Waals surface area contributed by atoms with Crippen LogP contribution in [-0.2, 0) is 6.61 Å². The predicted molar refractivity (Wildman–Crippen MR) is 158 cm³/mol. The van der Waals surface area contributed by atoms with Crippen LogP contribution in [0.15, 0.2) is 53.1 Å². The summed E-state index contributed by atoms with van der Waals surface area (Å²) in [4.78, 5) is 21.1. The van der Waals surface area contributed by atoms with E-state index in [-0.39, 0.29) is 11.9 Å². The Labute approximate surface area is 244 Å². The summed E-state index contributed by atoms with van der Waals surface area (Å²) in [5.74, 6) is 0.572. The number of fused-ring (bicyclic) bond motifs is 2. The first-order chi connectivity index (χ1) is 19.8. The highest BCUT2D eigenvalue weighted by Crippen LogP contribution is 2.30. The molecule has 4 aromatic rings. The van der Waals surface area contributed by atoms with Crippen LogP contribution in [-0.4, -0.2) is 87.9 Å². The molecule has 0 spiro atoms. The molecule has 2 aromatic heterocycles. The van der Waals surface area contributed by atoms with Crippen molar-refractivity contribution in [1.82, 2.24) is 20.1 Å². The van der Waals surface area contributed by atoms with E-state index in [0.29, 0.717) is 42.1 Å². The normalized spacial score (nSPS) is 21.9. The molecule has 2 fully saturated rings. The summed E-state index contributed by atoms with van der Waals surface area (Å²) in [6.45, 7) is 6.55. The third-order valence-electron chi connectivity index (χ3n) is 8.51. The number of furan rings is 1. The van der Waals surface area contributed by atoms with E-state index in [4.69, 9.17) is 20.8 Å². The number of hydrogen-bond donors (Lipinski definition) is 4. The van der Waals surface area contributed by atoms with Gasteiger partial charge in [-0.3, -0.25) is 9.69 Å². The fraction of sp³-hybridized carbons (Fsp3) is 0.452. The minimum atomic E-state index is -0.671. The average Bonchev–Trinajstić information content (AvgIpc) is 3.59. The summed E-state index contributed by atoms with van der Waals surface area (Å²) < 4.78 is 11.8. The fourth-order valence-corrected chi connectivity index (χ4v) is 6.23. The van der Waals surface area contributed by atoms with Crippen LogP contribution in [0.4, 0.5) is 0 Å². The Morgan fingerprint density at radius 2 is 1.95 bits per heavy atom. The summed E-state index contributed by atoms with van der Waals surface area (Å²) >= 11 is 6.17. The second kappa shape index (κ2) is 12.0. The molecule has 0 saturated carbocycles. The van der Waals surface area contributed by atoms with E-state index in [1.165, 1.54) is 0 Å². The van der Waals surface area contributed by atoms with Crippen LogP contribution in [0.1, 0.15) is 42.2 Å². The maximum atomic E-state index is 13.2. The molecule has 9 nitrogen and oxygen atoms in total. The van der Waals surface area contributed by atoms with E-state index < -0.39 is 12.2 Å². The molecule has 0 radical (unpaired) electrons. The molecule has 0 bridgehead atoms. The Kier molecular flexibility index (Phi) is 8.23. The van der Waals surface area contributed by atoms with Crippen molar-refractivity contribution in [2.45, 2.75) is 57.1 Å². The smallest absolute Gasteiger partial charge is 0.267 e. The largest absolute Gasteiger partial charge is 0.488 e. The standard InChI is InChI=1S/C31H37ClN4O5/c1-19(36-12-9-27(37)28(38)16-36)15-35-10-7-22(8-11-35)33-31(39)26-14-24-25(34-26)3-2-4-29(24)40-17-20-18-41-30-6-5-21(32)13-23(20)30/h2-6,13-14,18-19,22,27-28,34,37-38H,7-12,15-17H2,1H3,(H,33,39)/t19-,27-,28+/m0/s1. The average molecular weight is 581 g/mol. The van der Waals surface area contributed by atoms with Gasteiger partial charge in [0.15, 0.2) is 0 Å². The van der Waals surface area contributed by atoms with Crippen LogP contribution in [0.2, 0.25) is 5.02 Å². The minimum absolute atomic E-state index is 0.115. The number of ether oxygens (including phenoxy) is 1. The fourth-order valence-electron chi connectivity index (χ4n) is 6.05. The number of β-amino-alcohol motifs (C(OH)–C–C–N with tert-alkyl or cyclic N) is 1. The Morgan fingerprint density at radius 3 is 2.76 bits per heavy atom. The van der Waals surface area contributed by atoms with Crippen LogP contribution >= 0.6 is 11.6 Å². The lowest BCUT2D eigenvalue weighted by Crippen LogP contribution is -2.54. The molecule has 4 heterocycles. The van der Waals surface area contributed by atoms with Crippen LogP contribution in [0.25, 0.3) is 21.9 Å². The molecular weight excluding hydrogens is 544 g/mol. The van der Waals surface area contributed by atoms with Crippen LogP contribution in [0, 0.1) is 0 Å². The summed E-state index contributed by atoms with van der Waals surface area (Å²) in [6.07, 6.45) is 2.78. The lowest BCUT2D eigenvalue weighted by molar-refractivity contribution is -0.0509. The highest BCUT2D eigenvalue weighted by molar-refractivity contribution is 6.31. The van der Waals surface area contributed by atoms with Gasteiger partial charge in [-0.25, -0.2) is 0 Å². The number of carbonyl (C=O) groups excluding carboxylic acids is 1. The molecule has 218 valence electrons. The number of aromatic nitrogens is 1. The van der Waals surface area contributed by atoms with Gasteiger partial charge >= 0.3 is 0 Å². The van der Waals surface area contributed by atoms with Crippen molar-refractivity contribution in [2.24, 2.45) is 0 Å². The number of H-pyrrole nitrogens is 1. The van der Waals surface area contributed by atoms with Crippen molar-refractivity contribution in [3.63, 3.8) is 0 Å². The maximum Gasteiger partial charge on any atom is 0.267 e. The lowest BCUT2D eigenvalue weighted by atomic mass is 10.0. The summed E-state index contributed by atoms with van der Waals surface area (Å²) in [5, 5.41) is 25.4. The molecule has 10 heteroatoms. The van der Waals surface area contributed by atoms with Gasteiger partial charge in [0.1, 0.15) is 23.6 Å². The molecule has 1 amide bonds. The molecule has 3 atom stereocenters. The SMILES string of the molecule is C[C@@H](CN1CCC(NC(=O)c2cc3c(OCc4coc5ccc(Cl)cc45)cccc3[nH]2)CC1)N1CC[C@H](O)[C@H](O)C1. The molecule has 0 unspecified atom stereocenters. The number of aromatic amines is 1. The van der Waals surface area contributed by atoms with E-state index >= 15 is 0 Å². The van der Waals surface area contributed by atoms with E-state index in [1.807, 2.05) is 36.4 Å². The Balaban J connectivity index is 1.03. The third kappa shape index (κ3) is 6.24. The second-order valence-corrected chi connectivity index (χ2v) is 11.8. The molecule has 2 aliphatic heterocycles. The van der Waals surface area contributed by atoms with E-state index in [1.54, 1.807) is 12.3 Å². The second-order valence-electron chi connectivity index (χ2n) is 11.4. The number of aliphatic hydroxyl groups excluding tert-OH is 2. The molecule has 0 aliphatic carbocycles. The zero-order valence-corrected chi connectivity index (χ0v) is 23.9. The number of halogens is 1. The van der Waals surface area contributed by atoms with Crippen molar-refractivity contribution in [2.75, 3.05) is 32.7 Å². The van der Waals surface area contributed by atoms with Crippen LogP contribution < -0.4 is 10.1 Å². The van der Waals surface area contributed by atoms with Gasteiger partial charge in [0.2, 0.25) is 0 Å². The number of amides is 1. The van der Waals surface area contributed by atoms with Gasteiger partial charge in [0.05, 0.1) is 18.5 Å². The van der Waals surface area contributed by atoms with Crippen molar-refractivity contribution in [3.05, 3.63) is 65.0 Å². The molecule has 2 saturated heterocycles. The first kappa shape index (κ1) is 28.1. The molecule has 2 aromatic carbocycles. The minimum Gasteiger partial charge on any atom is -0.488 e. The highest BCUT2D eigenvalue weighted by atomic mass is 35.5. The monoisotopic (exact) mass is 580 g/mol. The first-order valence-corrected chi connectivity index (χ1v) is 14.8. The number of rotatable bonds is 8. The van der Waals surface area contributed by atoms with Gasteiger partial charge in [-0.2, -0.15) is 0 Å². The highest BCUT2D eigenvalue weighted by Gasteiger charge is 2.30. The predicted octanol–water partition coefficient (Wildman–Crippen LogP) is 4.16. The molecule has 4 N–H and O–H groups in total. The van der Waals surface area contributed by atoms with Crippen molar-refractivity contribution >= 4 is 39.4 Å². The third-order valence-corrected chi connectivity index (χ3v) is 8.75. The number of likely N-dealkylation sites (tertiary alicyclic amines) is 2. The van der Waals surface area contributed by atoms with Gasteiger partial charge < -0.3 is 34.6 Å². The van der Waals surface area contributed by atoms with Gasteiger partial charge in [-0.1, -0.05) is 17.7 Å². The molecular formula is C31H37ClN4O5. The Bertz CT molecular complexity index is 1510. The molecule has 6 rings (SSSR count).